The number of nitrogens with zero attached hydrogens (tertiary/aromatic N) is 1. The molecule has 1 aromatic rings. The van der Waals surface area contributed by atoms with E-state index >= 15 is 0 Å². The molecule has 2 aliphatic rings. The monoisotopic (exact) mass is 380 g/mol. The van der Waals surface area contributed by atoms with E-state index in [9.17, 15) is 28.0 Å². The number of ether oxygens (including phenoxy) is 1. The fraction of sp³-hybridized carbons (Fsp3) is 0.444. The zero-order chi connectivity index (χ0) is 19.6. The van der Waals surface area contributed by atoms with Gasteiger partial charge in [-0.2, -0.15) is 0 Å². The molecule has 1 aromatic carbocycles. The first-order valence-electron chi connectivity index (χ1n) is 8.63. The van der Waals surface area contributed by atoms with Crippen LogP contribution in [0.4, 0.5) is 14.5 Å². The highest BCUT2D eigenvalue weighted by atomic mass is 19.1. The van der Waals surface area contributed by atoms with E-state index in [2.05, 4.69) is 0 Å². The summed E-state index contributed by atoms with van der Waals surface area (Å²) in [5.74, 6) is -5.37. The molecule has 2 fully saturated rings. The first-order chi connectivity index (χ1) is 12.9. The van der Waals surface area contributed by atoms with Crippen LogP contribution in [-0.4, -0.2) is 41.7 Å². The highest BCUT2D eigenvalue weighted by molar-refractivity contribution is 6.07. The summed E-state index contributed by atoms with van der Waals surface area (Å²) in [6, 6.07) is 3.07. The second-order valence-electron chi connectivity index (χ2n) is 6.57. The number of para-hydroxylation sites is 1. The molecule has 0 spiro atoms. The number of rotatable bonds is 5. The molecular weight excluding hydrogens is 362 g/mol. The maximum atomic E-state index is 13.5. The molecule has 0 unspecified atom stereocenters. The Labute approximate surface area is 153 Å². The number of esters is 1. The molecule has 27 heavy (non-hydrogen) atoms. The Kier molecular flexibility index (Phi) is 5.48. The molecule has 9 heteroatoms. The SMILES string of the molecule is O=C(COC(=O)CN1C(=O)[C@H]2CCCC[C@@H]2C1=O)Nc1c(F)cccc1F. The lowest BCUT2D eigenvalue weighted by Crippen LogP contribution is -2.37. The molecule has 1 aliphatic carbocycles. The molecule has 0 radical (unpaired) electrons. The van der Waals surface area contributed by atoms with E-state index in [0.29, 0.717) is 12.8 Å². The van der Waals surface area contributed by atoms with Crippen molar-refractivity contribution < 1.29 is 32.7 Å². The van der Waals surface area contributed by atoms with E-state index in [1.807, 2.05) is 5.32 Å². The predicted molar refractivity (Wildman–Crippen MR) is 88.1 cm³/mol. The first kappa shape index (κ1) is 18.9. The van der Waals surface area contributed by atoms with Crippen LogP contribution in [-0.2, 0) is 23.9 Å². The fourth-order valence-corrected chi connectivity index (χ4v) is 3.50. The highest BCUT2D eigenvalue weighted by Crippen LogP contribution is 2.37. The van der Waals surface area contributed by atoms with Crippen LogP contribution >= 0.6 is 0 Å². The Morgan fingerprint density at radius 2 is 1.63 bits per heavy atom. The quantitative estimate of drug-likeness (QED) is 0.619. The molecule has 0 aromatic heterocycles. The normalized spacial score (nSPS) is 21.8. The number of fused-ring (bicyclic) bond motifs is 1. The van der Waals surface area contributed by atoms with Crippen LogP contribution in [0.15, 0.2) is 18.2 Å². The number of hydrogen-bond donors (Lipinski definition) is 1. The largest absolute Gasteiger partial charge is 0.454 e. The van der Waals surface area contributed by atoms with Crippen LogP contribution in [0, 0.1) is 23.5 Å². The van der Waals surface area contributed by atoms with Gasteiger partial charge in [0, 0.05) is 0 Å². The summed E-state index contributed by atoms with van der Waals surface area (Å²) in [6.07, 6.45) is 2.98. The molecule has 1 saturated carbocycles. The molecular formula is C18H18F2N2O5. The maximum Gasteiger partial charge on any atom is 0.326 e. The Hall–Kier alpha value is -2.84. The molecule has 1 aliphatic heterocycles. The lowest BCUT2D eigenvalue weighted by molar-refractivity contribution is -0.154. The van der Waals surface area contributed by atoms with Gasteiger partial charge in [-0.15, -0.1) is 0 Å². The van der Waals surface area contributed by atoms with Gasteiger partial charge >= 0.3 is 5.97 Å². The Morgan fingerprint density at radius 1 is 1.07 bits per heavy atom. The second-order valence-corrected chi connectivity index (χ2v) is 6.57. The summed E-state index contributed by atoms with van der Waals surface area (Å²) in [4.78, 5) is 49.0. The third-order valence-electron chi connectivity index (χ3n) is 4.81. The third kappa shape index (κ3) is 3.96. The van der Waals surface area contributed by atoms with Crippen LogP contribution < -0.4 is 5.32 Å². The van der Waals surface area contributed by atoms with E-state index in [4.69, 9.17) is 4.74 Å². The van der Waals surface area contributed by atoms with Gasteiger partial charge in [-0.1, -0.05) is 18.9 Å². The van der Waals surface area contributed by atoms with Gasteiger partial charge in [0.1, 0.15) is 23.9 Å². The van der Waals surface area contributed by atoms with Gasteiger partial charge in [0.2, 0.25) is 11.8 Å². The van der Waals surface area contributed by atoms with E-state index in [1.165, 1.54) is 0 Å². The minimum absolute atomic E-state index is 0.383. The zero-order valence-corrected chi connectivity index (χ0v) is 14.4. The van der Waals surface area contributed by atoms with Crippen molar-refractivity contribution in [3.63, 3.8) is 0 Å². The van der Waals surface area contributed by atoms with Crippen molar-refractivity contribution in [2.75, 3.05) is 18.5 Å². The molecule has 1 saturated heterocycles. The number of carbonyl (C=O) groups is 4. The Bertz CT molecular complexity index is 754. The fourth-order valence-electron chi connectivity index (χ4n) is 3.50. The third-order valence-corrected chi connectivity index (χ3v) is 4.81. The van der Waals surface area contributed by atoms with Crippen LogP contribution in [0.5, 0.6) is 0 Å². The smallest absolute Gasteiger partial charge is 0.326 e. The molecule has 7 nitrogen and oxygen atoms in total. The van der Waals surface area contributed by atoms with Crippen molar-refractivity contribution in [2.45, 2.75) is 25.7 Å². The molecule has 1 heterocycles. The van der Waals surface area contributed by atoms with Crippen LogP contribution in [0.25, 0.3) is 0 Å². The summed E-state index contributed by atoms with van der Waals surface area (Å²) >= 11 is 0. The Morgan fingerprint density at radius 3 is 2.19 bits per heavy atom. The molecule has 1 N–H and O–H groups in total. The number of nitrogens with one attached hydrogen (secondary N) is 1. The number of carbonyl (C=O) groups excluding carboxylic acids is 4. The molecule has 3 rings (SSSR count). The van der Waals surface area contributed by atoms with Crippen LogP contribution in [0.1, 0.15) is 25.7 Å². The number of halogens is 2. The van der Waals surface area contributed by atoms with Gasteiger partial charge in [-0.25, -0.2) is 8.78 Å². The van der Waals surface area contributed by atoms with Crippen molar-refractivity contribution in [3.8, 4) is 0 Å². The maximum absolute atomic E-state index is 13.5. The summed E-state index contributed by atoms with van der Waals surface area (Å²) in [6.45, 7) is -1.37. The summed E-state index contributed by atoms with van der Waals surface area (Å²) in [5, 5.41) is 1.97. The minimum Gasteiger partial charge on any atom is -0.454 e. The van der Waals surface area contributed by atoms with E-state index < -0.39 is 42.3 Å². The summed E-state index contributed by atoms with van der Waals surface area (Å²) in [5.41, 5.74) is -0.646. The zero-order valence-electron chi connectivity index (χ0n) is 14.4. The number of hydrogen-bond acceptors (Lipinski definition) is 5. The predicted octanol–water partition coefficient (Wildman–Crippen LogP) is 1.62. The summed E-state index contributed by atoms with van der Waals surface area (Å²) < 4.78 is 31.7. The molecule has 2 atom stereocenters. The Balaban J connectivity index is 1.52. The lowest BCUT2D eigenvalue weighted by Gasteiger charge is -2.19. The minimum atomic E-state index is -0.967. The average Bonchev–Trinajstić information content (AvgIpc) is 2.88. The number of anilines is 1. The van der Waals surface area contributed by atoms with Gasteiger partial charge in [-0.3, -0.25) is 24.1 Å². The van der Waals surface area contributed by atoms with Gasteiger partial charge < -0.3 is 10.1 Å². The lowest BCUT2D eigenvalue weighted by atomic mass is 9.81. The number of imide groups is 1. The standard InChI is InChI=1S/C18H18F2N2O5/c19-12-6-3-7-13(20)16(12)21-14(23)9-27-15(24)8-22-17(25)10-4-1-2-5-11(10)18(22)26/h3,6-7,10-11H,1-2,4-5,8-9H2,(H,21,23)/t10-,11-/m0/s1. The van der Waals surface area contributed by atoms with E-state index in [-0.39, 0.29) is 23.7 Å². The van der Waals surface area contributed by atoms with Gasteiger partial charge in [0.05, 0.1) is 11.8 Å². The van der Waals surface area contributed by atoms with Gasteiger partial charge in [-0.05, 0) is 25.0 Å². The van der Waals surface area contributed by atoms with Crippen molar-refractivity contribution in [1.29, 1.82) is 0 Å². The number of likely N-dealkylation sites (tertiary alicyclic amines) is 1. The number of amides is 3. The molecule has 3 amide bonds. The van der Waals surface area contributed by atoms with Crippen molar-refractivity contribution in [1.82, 2.24) is 4.90 Å². The van der Waals surface area contributed by atoms with Crippen molar-refractivity contribution in [2.24, 2.45) is 11.8 Å². The summed E-state index contributed by atoms with van der Waals surface area (Å²) in [7, 11) is 0. The topological polar surface area (TPSA) is 92.8 Å². The molecule has 0 bridgehead atoms. The van der Waals surface area contributed by atoms with Gasteiger partial charge in [0.25, 0.3) is 5.91 Å². The number of benzene rings is 1. The van der Waals surface area contributed by atoms with Crippen molar-refractivity contribution in [3.05, 3.63) is 29.8 Å². The first-order valence-corrected chi connectivity index (χ1v) is 8.63. The molecule has 144 valence electrons. The highest BCUT2D eigenvalue weighted by Gasteiger charge is 2.48. The average molecular weight is 380 g/mol. The van der Waals surface area contributed by atoms with Crippen LogP contribution in [0.3, 0.4) is 0 Å². The second kappa shape index (κ2) is 7.81. The van der Waals surface area contributed by atoms with Crippen LogP contribution in [0.2, 0.25) is 0 Å². The van der Waals surface area contributed by atoms with E-state index in [1.54, 1.807) is 0 Å². The van der Waals surface area contributed by atoms with Gasteiger partial charge in [0.15, 0.2) is 6.61 Å². The van der Waals surface area contributed by atoms with Crippen molar-refractivity contribution >= 4 is 29.4 Å². The van der Waals surface area contributed by atoms with E-state index in [0.717, 1.165) is 35.9 Å².